The number of carbonyl (C=O) groups is 2. The largest absolute Gasteiger partial charge is 0.344 e. The van der Waals surface area contributed by atoms with Crippen LogP contribution in [0.4, 0.5) is 13.2 Å². The minimum absolute atomic E-state index is 0.157. The van der Waals surface area contributed by atoms with E-state index in [0.717, 1.165) is 6.08 Å². The number of hydrogen-bond acceptors (Lipinski definition) is 4. The molecule has 1 aliphatic heterocycles. The molecule has 1 saturated heterocycles. The van der Waals surface area contributed by atoms with Gasteiger partial charge in [-0.25, -0.2) is 13.2 Å². The normalized spacial score (nSPS) is 52.3. The summed E-state index contributed by atoms with van der Waals surface area (Å²) >= 11 is 14.3. The van der Waals surface area contributed by atoms with Crippen LogP contribution in [0.2, 0.25) is 0 Å². The lowest BCUT2D eigenvalue weighted by molar-refractivity contribution is -0.213. The van der Waals surface area contributed by atoms with Crippen molar-refractivity contribution in [3.05, 3.63) is 23.6 Å². The van der Waals surface area contributed by atoms with E-state index in [4.69, 9.17) is 32.7 Å². The number of ketones is 2. The summed E-state index contributed by atoms with van der Waals surface area (Å²) in [5.41, 5.74) is -4.17. The molecule has 0 N–H and O–H groups in total. The average molecular weight is 507 g/mol. The molecular weight excluding hydrogens is 480 g/mol. The number of allylic oxidation sites excluding steroid dienone is 4. The van der Waals surface area contributed by atoms with Gasteiger partial charge in [0.15, 0.2) is 29.7 Å². The third-order valence-corrected chi connectivity index (χ3v) is 10.7. The molecule has 4 fully saturated rings. The van der Waals surface area contributed by atoms with Crippen molar-refractivity contribution in [2.45, 2.75) is 80.9 Å². The Morgan fingerprint density at radius 2 is 1.88 bits per heavy atom. The Hall–Kier alpha value is -0.890. The van der Waals surface area contributed by atoms with Crippen LogP contribution in [0.1, 0.15) is 47.0 Å². The summed E-state index contributed by atoms with van der Waals surface area (Å²) in [6.45, 7) is 5.56. The minimum atomic E-state index is -1.75. The number of alkyl halides is 4. The molecule has 0 spiro atoms. The first kappa shape index (κ1) is 23.8. The number of fused-ring (bicyclic) bond motifs is 7. The van der Waals surface area contributed by atoms with Gasteiger partial charge in [0.05, 0.1) is 16.4 Å². The second-order valence-electron chi connectivity index (χ2n) is 11.0. The summed E-state index contributed by atoms with van der Waals surface area (Å²) in [5, 5.41) is -0.848. The van der Waals surface area contributed by atoms with Crippen molar-refractivity contribution in [2.75, 3.05) is 6.67 Å². The van der Waals surface area contributed by atoms with E-state index in [1.165, 1.54) is 6.08 Å². The van der Waals surface area contributed by atoms with Crippen LogP contribution in [0.3, 0.4) is 0 Å². The smallest absolute Gasteiger partial charge is 0.213 e. The molecule has 182 valence electrons. The van der Waals surface area contributed by atoms with Gasteiger partial charge in [0.25, 0.3) is 0 Å². The number of Topliss-reactive ketones (excluding diaryl/α,β-unsaturated/α-hetero) is 1. The molecule has 0 bridgehead atoms. The van der Waals surface area contributed by atoms with Crippen LogP contribution < -0.4 is 0 Å². The monoisotopic (exact) mass is 506 g/mol. The van der Waals surface area contributed by atoms with E-state index in [2.05, 4.69) is 0 Å². The Bertz CT molecular complexity index is 1010. The Morgan fingerprint density at radius 3 is 2.52 bits per heavy atom. The molecule has 4 aliphatic carbocycles. The molecule has 0 amide bonds. The number of hydrogen-bond donors (Lipinski definition) is 0. The van der Waals surface area contributed by atoms with Crippen molar-refractivity contribution in [3.63, 3.8) is 0 Å². The molecule has 0 aromatic carbocycles. The summed E-state index contributed by atoms with van der Waals surface area (Å²) in [4.78, 5) is 23.8. The highest BCUT2D eigenvalue weighted by Crippen LogP contribution is 2.74. The molecule has 9 atom stereocenters. The lowest BCUT2D eigenvalue weighted by atomic mass is 9.46. The zero-order chi connectivity index (χ0) is 24.4. The number of carbonyl (C=O) groups excluding carboxylic acids is 2. The quantitative estimate of drug-likeness (QED) is 0.485. The van der Waals surface area contributed by atoms with E-state index in [9.17, 15) is 18.4 Å². The predicted molar refractivity (Wildman–Crippen MR) is 116 cm³/mol. The van der Waals surface area contributed by atoms with E-state index in [-0.39, 0.29) is 18.4 Å². The van der Waals surface area contributed by atoms with Crippen LogP contribution in [-0.4, -0.2) is 52.2 Å². The first-order chi connectivity index (χ1) is 15.2. The molecule has 5 aliphatic rings. The maximum atomic E-state index is 15.6. The molecule has 3 saturated carbocycles. The molecule has 9 heteroatoms. The van der Waals surface area contributed by atoms with Crippen molar-refractivity contribution in [2.24, 2.45) is 22.7 Å². The maximum Gasteiger partial charge on any atom is 0.213 e. The standard InChI is InChI=1S/C24H27Cl2F3O4/c1-20(2)32-17-8-11-12-7-13(28)18-19(29)14(30)5-6-21(18,3)23(12,26)15(25)9-22(11,4)24(17,33-20)16(31)10-27/h5-6,11-13,15,17H,7-10H2,1-4H3/t11-,12-,13-,15-,17+,21-,22-,23-,24+/m0/s1. The molecule has 0 radical (unpaired) electrons. The highest BCUT2D eigenvalue weighted by molar-refractivity contribution is 6.34. The molecule has 33 heavy (non-hydrogen) atoms. The zero-order valence-corrected chi connectivity index (χ0v) is 20.4. The van der Waals surface area contributed by atoms with E-state index < -0.39 is 80.6 Å². The fourth-order valence-electron chi connectivity index (χ4n) is 7.93. The van der Waals surface area contributed by atoms with Crippen LogP contribution in [0, 0.1) is 22.7 Å². The Labute approximate surface area is 200 Å². The highest BCUT2D eigenvalue weighted by atomic mass is 35.5. The Morgan fingerprint density at radius 1 is 1.21 bits per heavy atom. The average Bonchev–Trinajstić information content (AvgIpc) is 3.13. The van der Waals surface area contributed by atoms with Gasteiger partial charge in [-0.15, -0.1) is 23.2 Å². The molecule has 5 rings (SSSR count). The topological polar surface area (TPSA) is 52.6 Å². The molecule has 4 nitrogen and oxygen atoms in total. The van der Waals surface area contributed by atoms with Gasteiger partial charge in [-0.05, 0) is 51.0 Å². The predicted octanol–water partition coefficient (Wildman–Crippen LogP) is 5.16. The summed E-state index contributed by atoms with van der Waals surface area (Å²) in [5.74, 6) is -4.82. The van der Waals surface area contributed by atoms with E-state index in [1.54, 1.807) is 20.8 Å². The summed E-state index contributed by atoms with van der Waals surface area (Å²) in [6.07, 6.45) is 0.358. The Balaban J connectivity index is 1.67. The molecule has 0 aromatic heterocycles. The van der Waals surface area contributed by atoms with Gasteiger partial charge in [-0.2, -0.15) is 0 Å². The van der Waals surface area contributed by atoms with Crippen molar-refractivity contribution >= 4 is 34.8 Å². The summed E-state index contributed by atoms with van der Waals surface area (Å²) in [7, 11) is 0. The van der Waals surface area contributed by atoms with Crippen LogP contribution >= 0.6 is 23.2 Å². The van der Waals surface area contributed by atoms with Gasteiger partial charge in [-0.1, -0.05) is 19.9 Å². The minimum Gasteiger partial charge on any atom is -0.344 e. The van der Waals surface area contributed by atoms with Gasteiger partial charge < -0.3 is 9.47 Å². The van der Waals surface area contributed by atoms with Gasteiger partial charge in [0, 0.05) is 16.4 Å². The third kappa shape index (κ3) is 2.58. The van der Waals surface area contributed by atoms with Gasteiger partial charge >= 0.3 is 0 Å². The van der Waals surface area contributed by atoms with E-state index in [0.29, 0.717) is 6.42 Å². The zero-order valence-electron chi connectivity index (χ0n) is 18.9. The molecular formula is C24H27Cl2F3O4. The van der Waals surface area contributed by atoms with E-state index in [1.807, 2.05) is 6.92 Å². The van der Waals surface area contributed by atoms with Crippen molar-refractivity contribution < 1.29 is 32.2 Å². The lowest BCUT2D eigenvalue weighted by Gasteiger charge is -2.64. The van der Waals surface area contributed by atoms with Gasteiger partial charge in [0.1, 0.15) is 6.17 Å². The van der Waals surface area contributed by atoms with Crippen LogP contribution in [0.25, 0.3) is 0 Å². The number of ether oxygens (including phenoxy) is 2. The fraction of sp³-hybridized carbons (Fsp3) is 0.750. The Kier molecular flexibility index (Phi) is 4.96. The lowest BCUT2D eigenvalue weighted by Crippen LogP contribution is -2.69. The van der Waals surface area contributed by atoms with E-state index >= 15 is 4.39 Å². The third-order valence-electron chi connectivity index (χ3n) is 9.19. The summed E-state index contributed by atoms with van der Waals surface area (Å²) < 4.78 is 56.7. The molecule has 0 aromatic rings. The second-order valence-corrected chi connectivity index (χ2v) is 12.2. The summed E-state index contributed by atoms with van der Waals surface area (Å²) in [6, 6.07) is 0. The fourth-order valence-corrected chi connectivity index (χ4v) is 9.12. The molecule has 0 unspecified atom stereocenters. The van der Waals surface area contributed by atoms with Crippen LogP contribution in [-0.2, 0) is 19.1 Å². The number of rotatable bonds is 2. The van der Waals surface area contributed by atoms with Crippen molar-refractivity contribution in [3.8, 4) is 0 Å². The SMILES string of the molecule is CC1(C)O[C@@H]2C[C@H]3[C@@H]4C[C@H](F)C5=C(F)C(=O)C=C[C@]5(C)[C@@]4(Cl)[C@@H](Cl)C[C@]3(C)[C@]2(C(=O)CF)O1. The maximum absolute atomic E-state index is 15.6. The molecule has 1 heterocycles. The van der Waals surface area contributed by atoms with Crippen molar-refractivity contribution in [1.82, 2.24) is 0 Å². The first-order valence-corrected chi connectivity index (χ1v) is 12.1. The number of halogens is 5. The van der Waals surface area contributed by atoms with Crippen molar-refractivity contribution in [1.29, 1.82) is 0 Å². The van der Waals surface area contributed by atoms with Crippen LogP contribution in [0.5, 0.6) is 0 Å². The second kappa shape index (κ2) is 6.86. The van der Waals surface area contributed by atoms with Gasteiger partial charge in [-0.3, -0.25) is 9.59 Å². The van der Waals surface area contributed by atoms with Crippen LogP contribution in [0.15, 0.2) is 23.6 Å². The highest BCUT2D eigenvalue weighted by Gasteiger charge is 2.80. The first-order valence-electron chi connectivity index (χ1n) is 11.3. The van der Waals surface area contributed by atoms with Gasteiger partial charge in [0.2, 0.25) is 5.78 Å².